The predicted octanol–water partition coefficient (Wildman–Crippen LogP) is 3.02. The Morgan fingerprint density at radius 1 is 0.881 bits per heavy atom. The highest BCUT2D eigenvalue weighted by atomic mass is 19.1. The zero-order valence-electron chi connectivity index (χ0n) is 32.4. The van der Waals surface area contributed by atoms with Crippen molar-refractivity contribution in [3.8, 4) is 17.0 Å². The molecule has 6 amide bonds. The number of hydrogen-bond acceptors (Lipinski definition) is 11. The van der Waals surface area contributed by atoms with Crippen molar-refractivity contribution >= 4 is 46.9 Å². The average Bonchev–Trinajstić information content (AvgIpc) is 3.72. The smallest absolute Gasteiger partial charge is 0.262 e. The van der Waals surface area contributed by atoms with Gasteiger partial charge in [0.05, 0.1) is 29.8 Å². The lowest BCUT2D eigenvalue weighted by molar-refractivity contribution is -0.136. The number of halogens is 1. The van der Waals surface area contributed by atoms with Gasteiger partial charge in [0, 0.05) is 56.4 Å². The van der Waals surface area contributed by atoms with Gasteiger partial charge in [-0.05, 0) is 74.1 Å². The molecule has 0 aliphatic carbocycles. The van der Waals surface area contributed by atoms with E-state index in [0.717, 1.165) is 74.1 Å². The molecule has 17 heteroatoms. The summed E-state index contributed by atoms with van der Waals surface area (Å²) in [4.78, 5) is 81.7. The maximum absolute atomic E-state index is 13.8. The second kappa shape index (κ2) is 16.0. The monoisotopic (exact) mass is 805 g/mol. The molecule has 8 rings (SSSR count). The third-order valence-electron chi connectivity index (χ3n) is 11.9. The molecule has 59 heavy (non-hydrogen) atoms. The number of carbonyl (C=O) groups is 6. The number of likely N-dealkylation sites (tertiary alicyclic amines) is 1. The number of primary amides is 1. The molecule has 3 aromatic carbocycles. The van der Waals surface area contributed by atoms with Crippen LogP contribution in [0.1, 0.15) is 91.6 Å². The summed E-state index contributed by atoms with van der Waals surface area (Å²) < 4.78 is 20.7. The summed E-state index contributed by atoms with van der Waals surface area (Å²) in [6, 6.07) is 15.4. The van der Waals surface area contributed by atoms with Gasteiger partial charge >= 0.3 is 0 Å². The van der Waals surface area contributed by atoms with Crippen molar-refractivity contribution in [3.63, 3.8) is 0 Å². The highest BCUT2D eigenvalue weighted by Crippen LogP contribution is 2.36. The lowest BCUT2D eigenvalue weighted by Gasteiger charge is -2.42. The summed E-state index contributed by atoms with van der Waals surface area (Å²) >= 11 is 0. The number of aromatic nitrogens is 2. The summed E-state index contributed by atoms with van der Waals surface area (Å²) in [5.74, 6) is -3.33. The number of nitrogens with zero attached hydrogens (tertiary/aromatic N) is 5. The molecule has 4 aliphatic heterocycles. The first-order valence-corrected chi connectivity index (χ1v) is 19.6. The first-order chi connectivity index (χ1) is 28.4. The second-order valence-electron chi connectivity index (χ2n) is 15.3. The number of hydrogen-bond donors (Lipinski definition) is 4. The SMILES string of the molecule is COc1ccc(F)cc1C(=O)NCc1ccc(-c2nn(C3CCN(C4CCN(c5ccc6c(c5)C(=O)N(C5CCC(=O)NC5=O)C6=O)CC4)CC3)c(N)c2C(N)=O)cc1. The van der Waals surface area contributed by atoms with Crippen molar-refractivity contribution in [3.05, 3.63) is 94.3 Å². The molecule has 0 bridgehead atoms. The van der Waals surface area contributed by atoms with E-state index in [2.05, 4.69) is 20.4 Å². The molecule has 6 N–H and O–H groups in total. The number of nitrogens with one attached hydrogen (secondary N) is 2. The number of benzene rings is 3. The van der Waals surface area contributed by atoms with Gasteiger partial charge in [0.15, 0.2) is 0 Å². The van der Waals surface area contributed by atoms with Gasteiger partial charge in [-0.2, -0.15) is 5.10 Å². The van der Waals surface area contributed by atoms with E-state index in [1.807, 2.05) is 6.07 Å². The van der Waals surface area contributed by atoms with Crippen molar-refractivity contribution in [2.75, 3.05) is 43.9 Å². The number of imide groups is 2. The van der Waals surface area contributed by atoms with Crippen molar-refractivity contribution in [1.29, 1.82) is 0 Å². The van der Waals surface area contributed by atoms with E-state index in [1.165, 1.54) is 19.2 Å². The molecule has 306 valence electrons. The van der Waals surface area contributed by atoms with Crippen LogP contribution in [0.25, 0.3) is 11.3 Å². The Kier molecular flexibility index (Phi) is 10.6. The van der Waals surface area contributed by atoms with Crippen LogP contribution in [-0.4, -0.2) is 100 Å². The number of nitrogens with two attached hydrogens (primary N) is 2. The van der Waals surface area contributed by atoms with Crippen LogP contribution in [0.2, 0.25) is 0 Å². The molecule has 16 nitrogen and oxygen atoms in total. The number of amides is 6. The first-order valence-electron chi connectivity index (χ1n) is 19.6. The number of fused-ring (bicyclic) bond motifs is 1. The van der Waals surface area contributed by atoms with Crippen LogP contribution >= 0.6 is 0 Å². The lowest BCUT2D eigenvalue weighted by Crippen LogP contribution is -2.54. The number of carbonyl (C=O) groups excluding carboxylic acids is 6. The minimum atomic E-state index is -1.01. The molecular weight excluding hydrogens is 762 g/mol. The summed E-state index contributed by atoms with van der Waals surface area (Å²) in [6.45, 7) is 3.30. The Bertz CT molecular complexity index is 2370. The van der Waals surface area contributed by atoms with Gasteiger partial charge in [0.1, 0.15) is 34.7 Å². The van der Waals surface area contributed by atoms with E-state index in [0.29, 0.717) is 17.3 Å². The van der Waals surface area contributed by atoms with Gasteiger partial charge in [-0.25, -0.2) is 9.07 Å². The van der Waals surface area contributed by atoms with Crippen LogP contribution in [-0.2, 0) is 16.1 Å². The highest BCUT2D eigenvalue weighted by molar-refractivity contribution is 6.23. The van der Waals surface area contributed by atoms with Gasteiger partial charge in [-0.1, -0.05) is 24.3 Å². The molecule has 5 heterocycles. The third-order valence-corrected chi connectivity index (χ3v) is 11.9. The molecule has 3 fully saturated rings. The van der Waals surface area contributed by atoms with Crippen LogP contribution in [0.15, 0.2) is 60.7 Å². The van der Waals surface area contributed by atoms with Crippen molar-refractivity contribution in [2.45, 2.75) is 63.2 Å². The van der Waals surface area contributed by atoms with Crippen LogP contribution in [0, 0.1) is 5.82 Å². The number of piperidine rings is 3. The van der Waals surface area contributed by atoms with E-state index in [-0.39, 0.29) is 59.2 Å². The molecule has 1 atom stereocenters. The Labute approximate surface area is 338 Å². The van der Waals surface area contributed by atoms with Gasteiger partial charge in [0.25, 0.3) is 23.6 Å². The highest BCUT2D eigenvalue weighted by Gasteiger charge is 2.45. The fourth-order valence-corrected chi connectivity index (χ4v) is 8.73. The van der Waals surface area contributed by atoms with E-state index >= 15 is 0 Å². The van der Waals surface area contributed by atoms with Crippen molar-refractivity contribution < 1.29 is 37.9 Å². The molecule has 1 aromatic heterocycles. The number of anilines is 2. The number of nitrogen functional groups attached to an aromatic ring is 1. The molecular formula is C42H44FN9O7. The minimum absolute atomic E-state index is 0.0427. The van der Waals surface area contributed by atoms with Crippen LogP contribution in [0.4, 0.5) is 15.9 Å². The predicted molar refractivity (Wildman–Crippen MR) is 213 cm³/mol. The van der Waals surface area contributed by atoms with Gasteiger partial charge < -0.3 is 31.3 Å². The van der Waals surface area contributed by atoms with Gasteiger partial charge in [-0.15, -0.1) is 0 Å². The Morgan fingerprint density at radius 2 is 1.58 bits per heavy atom. The zero-order valence-corrected chi connectivity index (χ0v) is 32.4. The fourth-order valence-electron chi connectivity index (χ4n) is 8.73. The summed E-state index contributed by atoms with van der Waals surface area (Å²) in [7, 11) is 1.41. The molecule has 3 saturated heterocycles. The maximum Gasteiger partial charge on any atom is 0.262 e. The topological polar surface area (TPSA) is 215 Å². The first kappa shape index (κ1) is 39.2. The summed E-state index contributed by atoms with van der Waals surface area (Å²) in [5.41, 5.74) is 15.8. The lowest BCUT2D eigenvalue weighted by atomic mass is 9.97. The maximum atomic E-state index is 13.8. The summed E-state index contributed by atoms with van der Waals surface area (Å²) in [5, 5.41) is 9.82. The number of methoxy groups -OCH3 is 1. The standard InChI is InChI=1S/C42H44FN9O7/c1-59-33-10-6-25(43)20-31(33)39(55)46-22-23-2-4-24(5-3-23)36-35(38(45)54)37(44)52(48-36)27-14-18-49(19-15-27)26-12-16-50(17-13-26)28-7-8-29-30(21-28)42(58)51(41(29)57)32-9-11-34(53)47-40(32)56/h2-8,10,20-21,26-27,32H,9,11-19,22,44H2,1H3,(H2,45,54)(H,46,55)(H,47,53,56). The average molecular weight is 806 g/mol. The zero-order chi connectivity index (χ0) is 41.5. The molecule has 4 aliphatic rings. The second-order valence-corrected chi connectivity index (χ2v) is 15.3. The van der Waals surface area contributed by atoms with E-state index < -0.39 is 47.3 Å². The quantitative estimate of drug-likeness (QED) is 0.171. The molecule has 0 radical (unpaired) electrons. The van der Waals surface area contributed by atoms with E-state index in [9.17, 15) is 33.2 Å². The van der Waals surface area contributed by atoms with Crippen LogP contribution in [0.3, 0.4) is 0 Å². The van der Waals surface area contributed by atoms with Gasteiger partial charge in [-0.3, -0.25) is 39.0 Å². The Hall–Kier alpha value is -6.62. The molecule has 0 spiro atoms. The van der Waals surface area contributed by atoms with Crippen LogP contribution in [0.5, 0.6) is 5.75 Å². The van der Waals surface area contributed by atoms with E-state index in [4.69, 9.17) is 21.3 Å². The van der Waals surface area contributed by atoms with Crippen LogP contribution < -0.4 is 31.7 Å². The molecule has 0 saturated carbocycles. The third kappa shape index (κ3) is 7.48. The minimum Gasteiger partial charge on any atom is -0.496 e. The number of ether oxygens (including phenoxy) is 1. The largest absolute Gasteiger partial charge is 0.496 e. The fraction of sp³-hybridized carbons (Fsp3) is 0.357. The van der Waals surface area contributed by atoms with Crippen molar-refractivity contribution in [2.24, 2.45) is 5.73 Å². The molecule has 4 aromatic rings. The van der Waals surface area contributed by atoms with Gasteiger partial charge in [0.2, 0.25) is 11.8 Å². The number of rotatable bonds is 10. The molecule has 1 unspecified atom stereocenters. The Morgan fingerprint density at radius 3 is 2.25 bits per heavy atom. The normalized spacial score (nSPS) is 19.2. The van der Waals surface area contributed by atoms with E-state index in [1.54, 1.807) is 41.1 Å². The Balaban J connectivity index is 0.867. The van der Waals surface area contributed by atoms with Crippen molar-refractivity contribution in [1.82, 2.24) is 30.2 Å². The summed E-state index contributed by atoms with van der Waals surface area (Å²) in [6.07, 6.45) is 3.51.